The Morgan fingerprint density at radius 2 is 1.97 bits per heavy atom. The van der Waals surface area contributed by atoms with E-state index in [4.69, 9.17) is 4.74 Å². The van der Waals surface area contributed by atoms with Crippen LogP contribution < -0.4 is 15.4 Å². The maximum atomic E-state index is 14.8. The molecule has 35 heavy (non-hydrogen) atoms. The molecule has 2 N–H and O–H groups in total. The Morgan fingerprint density at radius 1 is 1.14 bits per heavy atom. The first-order chi connectivity index (χ1) is 16.9. The molecule has 2 heterocycles. The zero-order chi connectivity index (χ0) is 24.9. The summed E-state index contributed by atoms with van der Waals surface area (Å²) in [5, 5.41) is 9.95. The third-order valence-electron chi connectivity index (χ3n) is 5.35. The van der Waals surface area contributed by atoms with E-state index in [9.17, 15) is 18.0 Å². The number of anilines is 1. The first-order valence-electron chi connectivity index (χ1n) is 10.8. The van der Waals surface area contributed by atoms with Crippen LogP contribution in [0.15, 0.2) is 48.9 Å². The number of rotatable bonds is 9. The van der Waals surface area contributed by atoms with Crippen molar-refractivity contribution in [2.45, 2.75) is 12.5 Å². The number of alkyl halides is 1. The molecule has 0 aliphatic heterocycles. The molecule has 182 valence electrons. The number of ether oxygens (including phenoxy) is 1. The molecule has 0 aliphatic rings. The molecule has 1 unspecified atom stereocenters. The van der Waals surface area contributed by atoms with Gasteiger partial charge in [0.25, 0.3) is 5.91 Å². The van der Waals surface area contributed by atoms with Crippen molar-refractivity contribution < 1.29 is 22.7 Å². The second-order valence-electron chi connectivity index (χ2n) is 7.80. The first-order valence-corrected chi connectivity index (χ1v) is 10.8. The number of nitrogens with one attached hydrogen (secondary N) is 2. The van der Waals surface area contributed by atoms with E-state index in [1.54, 1.807) is 30.2 Å². The number of hydrogen-bond donors (Lipinski definition) is 2. The number of benzene rings is 2. The molecule has 2 aromatic heterocycles. The van der Waals surface area contributed by atoms with Crippen molar-refractivity contribution in [3.8, 4) is 5.75 Å². The van der Waals surface area contributed by atoms with Gasteiger partial charge in [-0.3, -0.25) is 13.9 Å². The molecule has 4 rings (SSSR count). The van der Waals surface area contributed by atoms with Crippen molar-refractivity contribution in [2.75, 3.05) is 25.6 Å². The van der Waals surface area contributed by atoms with Crippen LogP contribution in [-0.2, 0) is 7.05 Å². The van der Waals surface area contributed by atoms with Crippen LogP contribution in [0.5, 0.6) is 5.75 Å². The normalized spacial score (nSPS) is 11.9. The number of aryl methyl sites for hydroxylation is 1. The van der Waals surface area contributed by atoms with E-state index < -0.39 is 30.3 Å². The molecule has 0 fully saturated rings. The van der Waals surface area contributed by atoms with Gasteiger partial charge in [-0.05, 0) is 36.2 Å². The van der Waals surface area contributed by atoms with Crippen molar-refractivity contribution in [1.29, 1.82) is 0 Å². The van der Waals surface area contributed by atoms with Gasteiger partial charge in [0.05, 0.1) is 36.9 Å². The van der Waals surface area contributed by atoms with Crippen molar-refractivity contribution >= 4 is 22.8 Å². The average Bonchev–Trinajstić information content (AvgIpc) is 3.28. The van der Waals surface area contributed by atoms with E-state index in [0.717, 1.165) is 6.07 Å². The van der Waals surface area contributed by atoms with Gasteiger partial charge in [-0.25, -0.2) is 18.7 Å². The first kappa shape index (κ1) is 24.0. The SMILES string of the molecule is COc1ccc(C(NC(=O)c2cc(F)c3cnc(NCCCF)nc3c2)c2cnn(C)c2)cc1F. The summed E-state index contributed by atoms with van der Waals surface area (Å²) >= 11 is 0. The molecule has 0 spiro atoms. The van der Waals surface area contributed by atoms with Crippen LogP contribution in [0.2, 0.25) is 0 Å². The van der Waals surface area contributed by atoms with Crippen molar-refractivity contribution in [1.82, 2.24) is 25.1 Å². The van der Waals surface area contributed by atoms with Crippen LogP contribution in [-0.4, -0.2) is 46.0 Å². The molecule has 1 amide bonds. The molecule has 4 aromatic rings. The Morgan fingerprint density at radius 3 is 2.66 bits per heavy atom. The third-order valence-corrected chi connectivity index (χ3v) is 5.35. The quantitative estimate of drug-likeness (QED) is 0.350. The molecule has 8 nitrogen and oxygen atoms in total. The summed E-state index contributed by atoms with van der Waals surface area (Å²) in [6.45, 7) is -0.175. The maximum Gasteiger partial charge on any atom is 0.252 e. The van der Waals surface area contributed by atoms with E-state index >= 15 is 0 Å². The van der Waals surface area contributed by atoms with Gasteiger partial charge in [0.1, 0.15) is 5.82 Å². The average molecular weight is 484 g/mol. The van der Waals surface area contributed by atoms with Gasteiger partial charge in [0, 0.05) is 37.1 Å². The maximum absolute atomic E-state index is 14.8. The van der Waals surface area contributed by atoms with Crippen LogP contribution in [0.4, 0.5) is 19.1 Å². The van der Waals surface area contributed by atoms with Gasteiger partial charge in [-0.2, -0.15) is 5.10 Å². The van der Waals surface area contributed by atoms with Crippen molar-refractivity contribution in [2.24, 2.45) is 7.05 Å². The highest BCUT2D eigenvalue weighted by Gasteiger charge is 2.22. The minimum atomic E-state index is -0.765. The Hall–Kier alpha value is -4.15. The zero-order valence-electron chi connectivity index (χ0n) is 19.1. The van der Waals surface area contributed by atoms with Crippen LogP contribution in [0.3, 0.4) is 0 Å². The van der Waals surface area contributed by atoms with E-state index in [1.807, 2.05) is 0 Å². The number of methoxy groups -OCH3 is 1. The van der Waals surface area contributed by atoms with Crippen LogP contribution >= 0.6 is 0 Å². The zero-order valence-corrected chi connectivity index (χ0v) is 19.1. The van der Waals surface area contributed by atoms with Crippen molar-refractivity contribution in [3.63, 3.8) is 0 Å². The summed E-state index contributed by atoms with van der Waals surface area (Å²) in [6.07, 6.45) is 4.82. The van der Waals surface area contributed by atoms with Crippen LogP contribution in [0, 0.1) is 11.6 Å². The van der Waals surface area contributed by atoms with Gasteiger partial charge in [-0.1, -0.05) is 6.07 Å². The molecule has 0 aliphatic carbocycles. The number of nitrogens with zero attached hydrogens (tertiary/aromatic N) is 4. The smallest absolute Gasteiger partial charge is 0.252 e. The van der Waals surface area contributed by atoms with Crippen molar-refractivity contribution in [3.05, 3.63) is 77.2 Å². The molecular formula is C24H23F3N6O2. The molecule has 11 heteroatoms. The Labute approximate surface area is 199 Å². The standard InChI is InChI=1S/C24H23F3N6O2/c1-33-13-16(11-30-33)22(14-4-5-21(35-2)19(27)8-14)32-23(34)15-9-18(26)17-12-29-24(28-7-3-6-25)31-20(17)10-15/h4-5,8-13,22H,3,6-7H2,1-2H3,(H,32,34)(H,28,29,31). The lowest BCUT2D eigenvalue weighted by atomic mass is 10.0. The van der Waals surface area contributed by atoms with E-state index in [0.29, 0.717) is 17.7 Å². The van der Waals surface area contributed by atoms with Gasteiger partial charge >= 0.3 is 0 Å². The highest BCUT2D eigenvalue weighted by Crippen LogP contribution is 2.27. The second kappa shape index (κ2) is 10.4. The summed E-state index contributed by atoms with van der Waals surface area (Å²) in [7, 11) is 3.08. The number of carbonyl (C=O) groups excluding carboxylic acids is 1. The lowest BCUT2D eigenvalue weighted by molar-refractivity contribution is 0.0942. The highest BCUT2D eigenvalue weighted by molar-refractivity contribution is 5.98. The van der Waals surface area contributed by atoms with Crippen LogP contribution in [0.25, 0.3) is 10.9 Å². The lowest BCUT2D eigenvalue weighted by Crippen LogP contribution is -2.29. The Kier molecular flexibility index (Phi) is 7.14. The van der Waals surface area contributed by atoms with E-state index in [2.05, 4.69) is 25.7 Å². The van der Waals surface area contributed by atoms with Gasteiger partial charge in [0.15, 0.2) is 11.6 Å². The number of halogens is 3. The fraction of sp³-hybridized carbons (Fsp3) is 0.250. The molecule has 0 saturated carbocycles. The molecule has 0 saturated heterocycles. The molecule has 2 aromatic carbocycles. The third kappa shape index (κ3) is 5.34. The number of amides is 1. The number of fused-ring (bicyclic) bond motifs is 1. The fourth-order valence-electron chi connectivity index (χ4n) is 3.60. The van der Waals surface area contributed by atoms with E-state index in [1.165, 1.54) is 31.5 Å². The van der Waals surface area contributed by atoms with Crippen LogP contribution in [0.1, 0.15) is 33.9 Å². The lowest BCUT2D eigenvalue weighted by Gasteiger charge is -2.19. The van der Waals surface area contributed by atoms with E-state index in [-0.39, 0.29) is 34.6 Å². The van der Waals surface area contributed by atoms with Gasteiger partial charge < -0.3 is 15.4 Å². The minimum absolute atomic E-state index is 0.0197. The Balaban J connectivity index is 1.66. The minimum Gasteiger partial charge on any atom is -0.494 e. The van der Waals surface area contributed by atoms with Gasteiger partial charge in [-0.15, -0.1) is 0 Å². The molecule has 0 bridgehead atoms. The second-order valence-corrected chi connectivity index (χ2v) is 7.80. The topological polar surface area (TPSA) is 94.0 Å². The molecule has 0 radical (unpaired) electrons. The van der Waals surface area contributed by atoms with Gasteiger partial charge in [0.2, 0.25) is 5.95 Å². The largest absolute Gasteiger partial charge is 0.494 e. The summed E-state index contributed by atoms with van der Waals surface area (Å²) in [6, 6.07) is 6.11. The number of carbonyl (C=O) groups is 1. The highest BCUT2D eigenvalue weighted by atomic mass is 19.1. The number of aromatic nitrogens is 4. The predicted molar refractivity (Wildman–Crippen MR) is 124 cm³/mol. The summed E-state index contributed by atoms with van der Waals surface area (Å²) in [5.41, 5.74) is 1.29. The summed E-state index contributed by atoms with van der Waals surface area (Å²) in [5.74, 6) is -1.59. The fourth-order valence-corrected chi connectivity index (χ4v) is 3.60. The molecule has 1 atom stereocenters. The molecular weight excluding hydrogens is 461 g/mol. The summed E-state index contributed by atoms with van der Waals surface area (Å²) in [4.78, 5) is 21.4. The number of hydrogen-bond acceptors (Lipinski definition) is 6. The Bertz CT molecular complexity index is 1360. The summed E-state index contributed by atoms with van der Waals surface area (Å²) < 4.78 is 48.1. The predicted octanol–water partition coefficient (Wildman–Crippen LogP) is 3.94. The monoisotopic (exact) mass is 484 g/mol.